The number of halogens is 5. The molecule has 0 radical (unpaired) electrons. The Kier molecular flexibility index (Phi) is 6.47. The van der Waals surface area contributed by atoms with Gasteiger partial charge in [-0.3, -0.25) is 4.79 Å². The van der Waals surface area contributed by atoms with Crippen LogP contribution in [0.5, 0.6) is 0 Å². The summed E-state index contributed by atoms with van der Waals surface area (Å²) in [5, 5.41) is 10.4. The molecular weight excluding hydrogens is 325 g/mol. The molecule has 128 valence electrons. The first-order chi connectivity index (χ1) is 10.6. The van der Waals surface area contributed by atoms with E-state index in [9.17, 15) is 31.5 Å². The van der Waals surface area contributed by atoms with Crippen molar-refractivity contribution in [3.8, 4) is 0 Å². The first-order valence-corrected chi connectivity index (χ1v) is 6.53. The average molecular weight is 339 g/mol. The van der Waals surface area contributed by atoms with Crippen molar-refractivity contribution in [1.29, 1.82) is 0 Å². The Morgan fingerprint density at radius 3 is 2.13 bits per heavy atom. The Labute approximate surface area is 128 Å². The summed E-state index contributed by atoms with van der Waals surface area (Å²) in [6.07, 6.45) is -10.0. The fourth-order valence-electron chi connectivity index (χ4n) is 1.95. The summed E-state index contributed by atoms with van der Waals surface area (Å²) in [4.78, 5) is 22.4. The first kappa shape index (κ1) is 18.9. The number of alkyl halides is 5. The van der Waals surface area contributed by atoms with E-state index in [0.717, 1.165) is 0 Å². The van der Waals surface area contributed by atoms with Gasteiger partial charge < -0.3 is 10.4 Å². The fourth-order valence-corrected chi connectivity index (χ4v) is 1.95. The van der Waals surface area contributed by atoms with Gasteiger partial charge in [-0.1, -0.05) is 30.3 Å². The molecule has 0 aliphatic heterocycles. The van der Waals surface area contributed by atoms with Gasteiger partial charge in [-0.2, -0.15) is 13.2 Å². The minimum atomic E-state index is -4.74. The summed E-state index contributed by atoms with van der Waals surface area (Å²) in [5.41, 5.74) is -0.170. The van der Waals surface area contributed by atoms with Crippen LogP contribution in [0.2, 0.25) is 0 Å². The predicted molar refractivity (Wildman–Crippen MR) is 70.0 cm³/mol. The van der Waals surface area contributed by atoms with Crippen LogP contribution >= 0.6 is 0 Å². The van der Waals surface area contributed by atoms with E-state index in [-0.39, 0.29) is 5.56 Å². The second-order valence-electron chi connectivity index (χ2n) is 4.79. The molecule has 2 unspecified atom stereocenters. The zero-order chi connectivity index (χ0) is 17.6. The SMILES string of the molecule is O=C(CC(c1ccccc1)C(F)(F)F)NC(CC(F)F)C(=O)O. The maximum absolute atomic E-state index is 13.1. The second-order valence-corrected chi connectivity index (χ2v) is 4.79. The maximum atomic E-state index is 13.1. The van der Waals surface area contributed by atoms with E-state index < -0.39 is 49.3 Å². The van der Waals surface area contributed by atoms with Gasteiger partial charge in [0.2, 0.25) is 12.3 Å². The zero-order valence-electron chi connectivity index (χ0n) is 11.7. The second kappa shape index (κ2) is 7.89. The molecule has 0 spiro atoms. The lowest BCUT2D eigenvalue weighted by molar-refractivity contribution is -0.158. The highest BCUT2D eigenvalue weighted by molar-refractivity contribution is 5.84. The van der Waals surface area contributed by atoms with Crippen molar-refractivity contribution in [2.24, 2.45) is 0 Å². The van der Waals surface area contributed by atoms with E-state index in [0.29, 0.717) is 0 Å². The zero-order valence-corrected chi connectivity index (χ0v) is 11.7. The van der Waals surface area contributed by atoms with E-state index in [1.54, 1.807) is 5.32 Å². The summed E-state index contributed by atoms with van der Waals surface area (Å²) in [6.45, 7) is 0. The number of carbonyl (C=O) groups is 2. The quantitative estimate of drug-likeness (QED) is 0.751. The molecule has 4 nitrogen and oxygen atoms in total. The topological polar surface area (TPSA) is 66.4 Å². The van der Waals surface area contributed by atoms with E-state index in [4.69, 9.17) is 5.11 Å². The molecular formula is C14H14F5NO3. The van der Waals surface area contributed by atoms with Crippen molar-refractivity contribution in [2.45, 2.75) is 37.4 Å². The fraction of sp³-hybridized carbons (Fsp3) is 0.429. The van der Waals surface area contributed by atoms with Gasteiger partial charge in [0.25, 0.3) is 0 Å². The van der Waals surface area contributed by atoms with Gasteiger partial charge in [0.15, 0.2) is 0 Å². The average Bonchev–Trinajstić information content (AvgIpc) is 2.43. The summed E-state index contributed by atoms with van der Waals surface area (Å²) in [7, 11) is 0. The monoisotopic (exact) mass is 339 g/mol. The number of carbonyl (C=O) groups excluding carboxylic acids is 1. The van der Waals surface area contributed by atoms with Gasteiger partial charge in [-0.15, -0.1) is 0 Å². The molecule has 0 aromatic heterocycles. The first-order valence-electron chi connectivity index (χ1n) is 6.53. The molecule has 2 atom stereocenters. The molecule has 0 aliphatic rings. The number of amides is 1. The summed E-state index contributed by atoms with van der Waals surface area (Å²) in [6, 6.07) is 4.65. The highest BCUT2D eigenvalue weighted by Gasteiger charge is 2.42. The van der Waals surface area contributed by atoms with Crippen LogP contribution in [-0.2, 0) is 9.59 Å². The smallest absolute Gasteiger partial charge is 0.396 e. The number of aliphatic carboxylic acids is 1. The molecule has 0 fully saturated rings. The molecule has 0 heterocycles. The molecule has 0 aliphatic carbocycles. The molecule has 0 bridgehead atoms. The molecule has 2 N–H and O–H groups in total. The van der Waals surface area contributed by atoms with Crippen LogP contribution in [-0.4, -0.2) is 35.6 Å². The standard InChI is InChI=1S/C14H14F5NO3/c15-11(16)7-10(13(22)23)20-12(21)6-9(14(17,18)19)8-4-2-1-3-5-8/h1-5,9-11H,6-7H2,(H,20,21)(H,22,23). The van der Waals surface area contributed by atoms with Gasteiger partial charge in [-0.05, 0) is 5.56 Å². The van der Waals surface area contributed by atoms with Gasteiger partial charge in [0, 0.05) is 12.8 Å². The Balaban J connectivity index is 2.84. The van der Waals surface area contributed by atoms with Gasteiger partial charge in [0.05, 0.1) is 5.92 Å². The summed E-state index contributed by atoms with van der Waals surface area (Å²) < 4.78 is 63.6. The van der Waals surface area contributed by atoms with Crippen LogP contribution in [0.25, 0.3) is 0 Å². The summed E-state index contributed by atoms with van der Waals surface area (Å²) >= 11 is 0. The normalized spacial score (nSPS) is 14.3. The lowest BCUT2D eigenvalue weighted by atomic mass is 9.94. The van der Waals surface area contributed by atoms with Crippen LogP contribution in [0.1, 0.15) is 24.3 Å². The van der Waals surface area contributed by atoms with Crippen molar-refractivity contribution < 1.29 is 36.6 Å². The number of rotatable bonds is 7. The van der Waals surface area contributed by atoms with Crippen molar-refractivity contribution in [2.75, 3.05) is 0 Å². The minimum Gasteiger partial charge on any atom is -0.480 e. The van der Waals surface area contributed by atoms with Crippen LogP contribution in [0, 0.1) is 0 Å². The van der Waals surface area contributed by atoms with Crippen LogP contribution in [0.3, 0.4) is 0 Å². The number of hydrogen-bond acceptors (Lipinski definition) is 2. The van der Waals surface area contributed by atoms with Crippen LogP contribution in [0.15, 0.2) is 30.3 Å². The summed E-state index contributed by atoms with van der Waals surface area (Å²) in [5.74, 6) is -5.14. The molecule has 0 saturated heterocycles. The van der Waals surface area contributed by atoms with Crippen molar-refractivity contribution in [3.05, 3.63) is 35.9 Å². The number of carboxylic acid groups (broad SMARTS) is 1. The predicted octanol–water partition coefficient (Wildman–Crippen LogP) is 2.95. The molecule has 9 heteroatoms. The number of hydrogen-bond donors (Lipinski definition) is 2. The molecule has 0 saturated carbocycles. The molecule has 1 rings (SSSR count). The van der Waals surface area contributed by atoms with Crippen LogP contribution in [0.4, 0.5) is 22.0 Å². The molecule has 1 amide bonds. The molecule has 1 aromatic carbocycles. The van der Waals surface area contributed by atoms with Crippen molar-refractivity contribution >= 4 is 11.9 Å². The van der Waals surface area contributed by atoms with E-state index in [1.165, 1.54) is 30.3 Å². The van der Waals surface area contributed by atoms with Crippen LogP contribution < -0.4 is 5.32 Å². The lowest BCUT2D eigenvalue weighted by Gasteiger charge is -2.21. The molecule has 1 aromatic rings. The number of carboxylic acids is 1. The maximum Gasteiger partial charge on any atom is 0.396 e. The Hall–Kier alpha value is -2.19. The Morgan fingerprint density at radius 2 is 1.70 bits per heavy atom. The number of nitrogens with one attached hydrogen (secondary N) is 1. The van der Waals surface area contributed by atoms with E-state index in [2.05, 4.69) is 0 Å². The minimum absolute atomic E-state index is 0.170. The number of benzene rings is 1. The highest BCUT2D eigenvalue weighted by atomic mass is 19.4. The van der Waals surface area contributed by atoms with Gasteiger partial charge in [0.1, 0.15) is 6.04 Å². The largest absolute Gasteiger partial charge is 0.480 e. The van der Waals surface area contributed by atoms with Crippen molar-refractivity contribution in [1.82, 2.24) is 5.32 Å². The van der Waals surface area contributed by atoms with Crippen molar-refractivity contribution in [3.63, 3.8) is 0 Å². The van der Waals surface area contributed by atoms with Gasteiger partial charge in [-0.25, -0.2) is 13.6 Å². The Bertz CT molecular complexity index is 533. The van der Waals surface area contributed by atoms with Gasteiger partial charge >= 0.3 is 12.1 Å². The lowest BCUT2D eigenvalue weighted by Crippen LogP contribution is -2.43. The Morgan fingerprint density at radius 1 is 1.13 bits per heavy atom. The third-order valence-electron chi connectivity index (χ3n) is 3.03. The van der Waals surface area contributed by atoms with E-state index >= 15 is 0 Å². The third kappa shape index (κ3) is 6.21. The molecule has 23 heavy (non-hydrogen) atoms. The third-order valence-corrected chi connectivity index (χ3v) is 3.03. The van der Waals surface area contributed by atoms with E-state index in [1.807, 2.05) is 0 Å². The highest BCUT2D eigenvalue weighted by Crippen LogP contribution is 2.37.